The quantitative estimate of drug-likeness (QED) is 0.331. The fourth-order valence-corrected chi connectivity index (χ4v) is 10.4. The zero-order chi connectivity index (χ0) is 30.5. The molecule has 4 aliphatic rings. The molecule has 0 aromatic heterocycles. The number of aliphatic hydroxyl groups excluding tert-OH is 1. The zero-order valence-electron chi connectivity index (χ0n) is 27.9. The summed E-state index contributed by atoms with van der Waals surface area (Å²) in [5, 5.41) is 10.4. The highest BCUT2D eigenvalue weighted by Crippen LogP contribution is 2.67. The van der Waals surface area contributed by atoms with E-state index in [0.717, 1.165) is 42.9 Å². The molecule has 0 spiro atoms. The summed E-state index contributed by atoms with van der Waals surface area (Å²) in [5.41, 5.74) is 8.83. The number of benzene rings is 2. The maximum Gasteiger partial charge on any atom is 0.0577 e. The van der Waals surface area contributed by atoms with Crippen LogP contribution in [-0.4, -0.2) is 39.4 Å². The molecule has 8 atom stereocenters. The van der Waals surface area contributed by atoms with E-state index in [-0.39, 0.29) is 6.10 Å². The number of anilines is 2. The van der Waals surface area contributed by atoms with Gasteiger partial charge in [0.2, 0.25) is 0 Å². The van der Waals surface area contributed by atoms with E-state index in [1.54, 1.807) is 5.57 Å². The maximum atomic E-state index is 10.4. The van der Waals surface area contributed by atoms with E-state index in [0.29, 0.717) is 16.7 Å². The highest BCUT2D eigenvalue weighted by Gasteiger charge is 2.59. The third kappa shape index (κ3) is 5.49. The van der Waals surface area contributed by atoms with Gasteiger partial charge in [0.1, 0.15) is 0 Å². The van der Waals surface area contributed by atoms with Crippen molar-refractivity contribution < 1.29 is 5.11 Å². The van der Waals surface area contributed by atoms with Crippen LogP contribution in [0.5, 0.6) is 0 Å². The van der Waals surface area contributed by atoms with Crippen LogP contribution >= 0.6 is 0 Å². The van der Waals surface area contributed by atoms with E-state index in [9.17, 15) is 5.11 Å². The molecule has 1 N–H and O–H groups in total. The molecule has 3 heteroatoms. The first-order chi connectivity index (χ1) is 20.5. The first-order valence-electron chi connectivity index (χ1n) is 17.1. The lowest BCUT2D eigenvalue weighted by Gasteiger charge is -2.58. The molecule has 43 heavy (non-hydrogen) atoms. The van der Waals surface area contributed by atoms with Gasteiger partial charge in [-0.1, -0.05) is 62.8 Å². The van der Waals surface area contributed by atoms with Gasteiger partial charge in [0.15, 0.2) is 0 Å². The van der Waals surface area contributed by atoms with E-state index < -0.39 is 0 Å². The van der Waals surface area contributed by atoms with Crippen LogP contribution in [0.4, 0.5) is 11.4 Å². The second-order valence-electron chi connectivity index (χ2n) is 15.6. The van der Waals surface area contributed by atoms with Gasteiger partial charge >= 0.3 is 0 Å². The molecule has 0 heterocycles. The monoisotopic (exact) mass is 580 g/mol. The van der Waals surface area contributed by atoms with Gasteiger partial charge in [-0.3, -0.25) is 0 Å². The van der Waals surface area contributed by atoms with Crippen LogP contribution in [0, 0.1) is 40.4 Å². The Balaban J connectivity index is 1.24. The average Bonchev–Trinajstić information content (AvgIpc) is 3.35. The molecule has 0 amide bonds. The second-order valence-corrected chi connectivity index (χ2v) is 15.6. The molecule has 3 nitrogen and oxygen atoms in total. The largest absolute Gasteiger partial charge is 0.393 e. The molecule has 6 rings (SSSR count). The minimum Gasteiger partial charge on any atom is -0.393 e. The second kappa shape index (κ2) is 11.8. The lowest BCUT2D eigenvalue weighted by molar-refractivity contribution is -0.0565. The minimum absolute atomic E-state index is 0.115. The standard InChI is InChI=1S/C40H56N2O/c1-27(8-18-34(28-9-14-31(15-10-28)41(4)5)29-11-16-32(17-12-29)42(6)7)36-20-21-37-35-19-13-30-26-33(43)22-24-39(30,2)38(35)23-25-40(36,37)3/h9-18,27,33,35-38,43H,8,19-26H2,1-7H3/t27-,33+,35-,36+,37-,38-,39+,40+/m1/s1. The summed E-state index contributed by atoms with van der Waals surface area (Å²) in [4.78, 5) is 4.35. The predicted molar refractivity (Wildman–Crippen MR) is 184 cm³/mol. The van der Waals surface area contributed by atoms with Crippen LogP contribution in [-0.2, 0) is 0 Å². The lowest BCUT2D eigenvalue weighted by Crippen LogP contribution is -2.50. The van der Waals surface area contributed by atoms with Crippen LogP contribution in [0.25, 0.3) is 5.57 Å². The molecule has 4 aliphatic carbocycles. The number of aliphatic hydroxyl groups is 1. The Bertz CT molecular complexity index is 1280. The van der Waals surface area contributed by atoms with Gasteiger partial charge in [0.05, 0.1) is 6.10 Å². The summed E-state index contributed by atoms with van der Waals surface area (Å²) in [6, 6.07) is 18.2. The molecule has 3 fully saturated rings. The Labute approximate surface area is 262 Å². The van der Waals surface area contributed by atoms with Gasteiger partial charge in [-0.15, -0.1) is 0 Å². The summed E-state index contributed by atoms with van der Waals surface area (Å²) >= 11 is 0. The van der Waals surface area contributed by atoms with Crippen LogP contribution in [0.1, 0.15) is 89.7 Å². The topological polar surface area (TPSA) is 26.7 Å². The van der Waals surface area contributed by atoms with Crippen molar-refractivity contribution in [2.24, 2.45) is 40.4 Å². The Hall–Kier alpha value is -2.52. The minimum atomic E-state index is -0.115. The maximum absolute atomic E-state index is 10.4. The number of allylic oxidation sites excluding steroid dienone is 2. The Kier molecular flexibility index (Phi) is 8.35. The number of nitrogens with zero attached hydrogens (tertiary/aromatic N) is 2. The summed E-state index contributed by atoms with van der Waals surface area (Å²) in [6.07, 6.45) is 16.1. The number of fused-ring (bicyclic) bond motifs is 5. The van der Waals surface area contributed by atoms with Gasteiger partial charge < -0.3 is 14.9 Å². The Morgan fingerprint density at radius 1 is 0.837 bits per heavy atom. The fraction of sp³-hybridized carbons (Fsp3) is 0.600. The van der Waals surface area contributed by atoms with Crippen LogP contribution in [0.15, 0.2) is 66.3 Å². The van der Waals surface area contributed by atoms with E-state index in [1.165, 1.54) is 66.6 Å². The first-order valence-corrected chi connectivity index (χ1v) is 17.1. The van der Waals surface area contributed by atoms with Crippen molar-refractivity contribution in [3.63, 3.8) is 0 Å². The molecule has 0 saturated heterocycles. The normalized spacial score (nSPS) is 33.9. The van der Waals surface area contributed by atoms with E-state index in [4.69, 9.17) is 0 Å². The van der Waals surface area contributed by atoms with Gasteiger partial charge in [0, 0.05) is 39.6 Å². The molecule has 232 valence electrons. The fourth-order valence-electron chi connectivity index (χ4n) is 10.4. The van der Waals surface area contributed by atoms with Crippen molar-refractivity contribution in [1.29, 1.82) is 0 Å². The average molecular weight is 581 g/mol. The van der Waals surface area contributed by atoms with E-state index in [1.807, 2.05) is 0 Å². The smallest absolute Gasteiger partial charge is 0.0577 e. The van der Waals surface area contributed by atoms with Crippen molar-refractivity contribution >= 4 is 16.9 Å². The van der Waals surface area contributed by atoms with Crippen LogP contribution in [0.2, 0.25) is 0 Å². The summed E-state index contributed by atoms with van der Waals surface area (Å²) in [7, 11) is 8.44. The number of hydrogen-bond acceptors (Lipinski definition) is 3. The molecular weight excluding hydrogens is 524 g/mol. The molecule has 0 unspecified atom stereocenters. The van der Waals surface area contributed by atoms with Gasteiger partial charge in [-0.2, -0.15) is 0 Å². The van der Waals surface area contributed by atoms with Crippen LogP contribution < -0.4 is 9.80 Å². The number of rotatable bonds is 7. The van der Waals surface area contributed by atoms with Crippen molar-refractivity contribution in [1.82, 2.24) is 0 Å². The van der Waals surface area contributed by atoms with Gasteiger partial charge in [-0.05, 0) is 139 Å². The van der Waals surface area contributed by atoms with Gasteiger partial charge in [0.25, 0.3) is 0 Å². The van der Waals surface area contributed by atoms with Gasteiger partial charge in [-0.25, -0.2) is 0 Å². The molecule has 2 aromatic rings. The Morgan fingerprint density at radius 3 is 2.02 bits per heavy atom. The van der Waals surface area contributed by atoms with Crippen molar-refractivity contribution in [2.45, 2.75) is 84.7 Å². The Morgan fingerprint density at radius 2 is 1.44 bits per heavy atom. The predicted octanol–water partition coefficient (Wildman–Crippen LogP) is 9.22. The van der Waals surface area contributed by atoms with Crippen molar-refractivity contribution in [2.75, 3.05) is 38.0 Å². The lowest BCUT2D eigenvalue weighted by atomic mass is 9.47. The third-order valence-corrected chi connectivity index (χ3v) is 12.9. The molecule has 0 bridgehead atoms. The summed E-state index contributed by atoms with van der Waals surface area (Å²) < 4.78 is 0. The highest BCUT2D eigenvalue weighted by molar-refractivity contribution is 5.81. The SMILES string of the molecule is C[C@H](CC=C(c1ccc(N(C)C)cc1)c1ccc(N(C)C)cc1)[C@@H]1CC[C@@H]2[C@H]3CC=C4C[C@@H](O)CC[C@]4(C)[C@@H]3CC[C@]21C. The van der Waals surface area contributed by atoms with Crippen molar-refractivity contribution in [3.05, 3.63) is 77.4 Å². The highest BCUT2D eigenvalue weighted by atomic mass is 16.3. The summed E-state index contributed by atoms with van der Waals surface area (Å²) in [6.45, 7) is 7.78. The van der Waals surface area contributed by atoms with Crippen LogP contribution in [0.3, 0.4) is 0 Å². The van der Waals surface area contributed by atoms with Crippen molar-refractivity contribution in [3.8, 4) is 0 Å². The summed E-state index contributed by atoms with van der Waals surface area (Å²) in [5.74, 6) is 3.94. The molecule has 0 radical (unpaired) electrons. The number of hydrogen-bond donors (Lipinski definition) is 1. The molecule has 2 aromatic carbocycles. The first kappa shape index (κ1) is 30.5. The zero-order valence-corrected chi connectivity index (χ0v) is 27.9. The van der Waals surface area contributed by atoms with E-state index >= 15 is 0 Å². The third-order valence-electron chi connectivity index (χ3n) is 12.9. The molecular formula is C40H56N2O. The molecule has 3 saturated carbocycles. The van der Waals surface area contributed by atoms with E-state index in [2.05, 4.69) is 119 Å². The molecule has 0 aliphatic heterocycles.